The van der Waals surface area contributed by atoms with Crippen LogP contribution in [0.3, 0.4) is 0 Å². The second-order valence-corrected chi connectivity index (χ2v) is 7.73. The molecular weight excluding hydrogens is 341 g/mol. The topological polar surface area (TPSA) is 19.4 Å². The molecule has 4 heteroatoms. The molecule has 1 aliphatic rings. The molecule has 0 aliphatic carbocycles. The van der Waals surface area contributed by atoms with Crippen LogP contribution in [0.1, 0.15) is 36.0 Å². The highest BCUT2D eigenvalue weighted by atomic mass is 15.3. The van der Waals surface area contributed by atoms with Crippen LogP contribution in [0.25, 0.3) is 11.3 Å². The normalized spacial score (nSPS) is 17.4. The molecule has 3 nitrogen and oxygen atoms in total. The number of hydrogen-bond acceptors (Lipinski definition) is 3. The summed E-state index contributed by atoms with van der Waals surface area (Å²) >= 11 is 0. The Morgan fingerprint density at radius 3 is 2.18 bits per heavy atom. The highest BCUT2D eigenvalue weighted by molar-refractivity contribution is 6.82. The predicted octanol–water partition coefficient (Wildman–Crippen LogP) is 4.57. The van der Waals surface area contributed by atoms with Gasteiger partial charge in [0, 0.05) is 31.4 Å². The number of anilines is 2. The number of fused-ring (bicyclic) bond motifs is 1. The van der Waals surface area contributed by atoms with Crippen LogP contribution < -0.4 is 15.1 Å². The maximum atomic E-state index is 7.85. The third-order valence-corrected chi connectivity index (χ3v) is 5.67. The first-order valence-corrected chi connectivity index (χ1v) is 9.39. The van der Waals surface area contributed by atoms with Gasteiger partial charge in [-0.25, -0.2) is 0 Å². The zero-order valence-electron chi connectivity index (χ0n) is 23.0. The van der Waals surface area contributed by atoms with Crippen molar-refractivity contribution in [3.63, 3.8) is 0 Å². The minimum absolute atomic E-state index is 0.0229. The van der Waals surface area contributed by atoms with Gasteiger partial charge in [0.15, 0.2) is 0 Å². The quantitative estimate of drug-likeness (QED) is 0.612. The first-order valence-electron chi connectivity index (χ1n) is 12.4. The van der Waals surface area contributed by atoms with E-state index in [1.165, 1.54) is 34.4 Å². The van der Waals surface area contributed by atoms with Gasteiger partial charge in [-0.05, 0) is 83.4 Å². The minimum Gasteiger partial charge on any atom is -0.393 e. The van der Waals surface area contributed by atoms with Gasteiger partial charge in [0.1, 0.15) is 0 Å². The molecule has 4 rings (SSSR count). The van der Waals surface area contributed by atoms with E-state index in [0.29, 0.717) is 5.69 Å². The molecule has 2 aromatic carbocycles. The van der Waals surface area contributed by atoms with Gasteiger partial charge in [0.2, 0.25) is 0 Å². The fraction of sp³-hybridized carbons (Fsp3) is 0.292. The molecule has 2 heterocycles. The lowest BCUT2D eigenvalue weighted by atomic mass is 9.62. The molecule has 0 fully saturated rings. The van der Waals surface area contributed by atoms with Crippen LogP contribution in [0.15, 0.2) is 42.6 Å². The summed E-state index contributed by atoms with van der Waals surface area (Å²) in [6.07, 6.45) is 1.18. The van der Waals surface area contributed by atoms with E-state index in [1.807, 2.05) is 18.2 Å². The third-order valence-electron chi connectivity index (χ3n) is 5.67. The van der Waals surface area contributed by atoms with Gasteiger partial charge in [-0.2, -0.15) is 0 Å². The van der Waals surface area contributed by atoms with Crippen molar-refractivity contribution < 1.29 is 8.22 Å². The summed E-state index contributed by atoms with van der Waals surface area (Å²) in [6, 6.07) is 11.7. The Morgan fingerprint density at radius 2 is 1.50 bits per heavy atom. The van der Waals surface area contributed by atoms with Gasteiger partial charge >= 0.3 is 6.98 Å². The Bertz CT molecular complexity index is 1250. The smallest absolute Gasteiger partial charge is 0.393 e. The Hall–Kier alpha value is -2.75. The van der Waals surface area contributed by atoms with Crippen LogP contribution in [-0.4, -0.2) is 26.1 Å². The first-order chi connectivity index (χ1) is 15.7. The zero-order valence-corrected chi connectivity index (χ0v) is 17.0. The van der Waals surface area contributed by atoms with Gasteiger partial charge in [-0.15, -0.1) is 0 Å². The van der Waals surface area contributed by atoms with Crippen LogP contribution in [0.5, 0.6) is 0 Å². The molecule has 0 bridgehead atoms. The van der Waals surface area contributed by atoms with Crippen LogP contribution in [0.4, 0.5) is 11.4 Å². The average Bonchev–Trinajstić information content (AvgIpc) is 2.96. The molecular formula is C24H28BN3. The van der Waals surface area contributed by atoms with E-state index < -0.39 is 13.7 Å². The molecule has 3 aromatic rings. The van der Waals surface area contributed by atoms with E-state index in [-0.39, 0.29) is 18.1 Å². The summed E-state index contributed by atoms with van der Waals surface area (Å²) < 4.78 is 46.7. The van der Waals surface area contributed by atoms with E-state index >= 15 is 0 Å². The molecule has 0 atom stereocenters. The second-order valence-electron chi connectivity index (χ2n) is 7.73. The third kappa shape index (κ3) is 2.88. The summed E-state index contributed by atoms with van der Waals surface area (Å²) in [5.74, 6) is 0. The highest BCUT2D eigenvalue weighted by Crippen LogP contribution is 2.39. The molecule has 0 unspecified atom stereocenters. The lowest BCUT2D eigenvalue weighted by Crippen LogP contribution is -2.55. The Labute approximate surface area is 177 Å². The summed E-state index contributed by atoms with van der Waals surface area (Å²) in [6.45, 7) is 1.30. The lowest BCUT2D eigenvalue weighted by Gasteiger charge is -2.27. The van der Waals surface area contributed by atoms with Crippen molar-refractivity contribution in [1.29, 1.82) is 0 Å². The van der Waals surface area contributed by atoms with E-state index in [0.717, 1.165) is 16.9 Å². The van der Waals surface area contributed by atoms with Gasteiger partial charge < -0.3 is 9.62 Å². The first kappa shape index (κ1) is 12.7. The van der Waals surface area contributed by atoms with Crippen LogP contribution in [0, 0.1) is 34.5 Å². The fourth-order valence-corrected chi connectivity index (χ4v) is 4.39. The number of nitrogens with zero attached hydrogens (tertiary/aromatic N) is 3. The second kappa shape index (κ2) is 6.70. The van der Waals surface area contributed by atoms with E-state index in [4.69, 9.17) is 8.22 Å². The predicted molar refractivity (Wildman–Crippen MR) is 122 cm³/mol. The van der Waals surface area contributed by atoms with Gasteiger partial charge in [-0.1, -0.05) is 34.9 Å². The minimum atomic E-state index is -2.55. The van der Waals surface area contributed by atoms with E-state index in [2.05, 4.69) is 61.6 Å². The van der Waals surface area contributed by atoms with Crippen molar-refractivity contribution >= 4 is 23.8 Å². The fourth-order valence-electron chi connectivity index (χ4n) is 4.39. The number of rotatable bonds is 2. The van der Waals surface area contributed by atoms with Crippen molar-refractivity contribution in [3.05, 3.63) is 70.4 Å². The Balaban J connectivity index is 1.79. The van der Waals surface area contributed by atoms with E-state index in [1.54, 1.807) is 0 Å². The van der Waals surface area contributed by atoms with Gasteiger partial charge in [0.25, 0.3) is 0 Å². The number of aromatic nitrogens is 1. The summed E-state index contributed by atoms with van der Waals surface area (Å²) in [5, 5.41) is 0. The van der Waals surface area contributed by atoms with Crippen LogP contribution in [-0.2, 0) is 0 Å². The molecule has 0 N–H and O–H groups in total. The number of benzene rings is 2. The van der Waals surface area contributed by atoms with Crippen molar-refractivity contribution in [3.8, 4) is 11.3 Å². The Kier molecular flexibility index (Phi) is 3.03. The van der Waals surface area contributed by atoms with Crippen LogP contribution >= 0.6 is 0 Å². The highest BCUT2D eigenvalue weighted by Gasteiger charge is 2.39. The van der Waals surface area contributed by atoms with Crippen LogP contribution in [0.2, 0.25) is 0 Å². The summed E-state index contributed by atoms with van der Waals surface area (Å²) in [5.41, 5.74) is 7.77. The lowest BCUT2D eigenvalue weighted by molar-refractivity contribution is 1.22. The summed E-state index contributed by atoms with van der Waals surface area (Å²) in [7, 11) is 4.12. The van der Waals surface area contributed by atoms with Crippen molar-refractivity contribution in [2.75, 3.05) is 23.7 Å². The monoisotopic (exact) mass is 375 g/mol. The van der Waals surface area contributed by atoms with Crippen molar-refractivity contribution in [2.24, 2.45) is 0 Å². The molecule has 0 spiro atoms. The SMILES string of the molecule is [2H]C([2H])([2H])c1cnc(-c2ccc3c(c2)N(C)B(c2c(C)cc(C)cc2C)N3C)cc1C([2H])([2H])[2H]. The molecule has 0 radical (unpaired) electrons. The molecule has 1 aliphatic heterocycles. The largest absolute Gasteiger partial charge is 0.411 e. The van der Waals surface area contributed by atoms with Crippen molar-refractivity contribution in [1.82, 2.24) is 4.98 Å². The maximum absolute atomic E-state index is 7.85. The molecule has 1 aromatic heterocycles. The number of aryl methyl sites for hydroxylation is 5. The number of hydrogen-bond donors (Lipinski definition) is 0. The molecule has 0 amide bonds. The molecule has 28 heavy (non-hydrogen) atoms. The molecule has 0 saturated carbocycles. The maximum Gasteiger partial charge on any atom is 0.411 e. The molecule has 0 saturated heterocycles. The summed E-state index contributed by atoms with van der Waals surface area (Å²) in [4.78, 5) is 8.78. The van der Waals surface area contributed by atoms with Crippen molar-refractivity contribution in [2.45, 2.75) is 34.5 Å². The van der Waals surface area contributed by atoms with Gasteiger partial charge in [-0.3, -0.25) is 4.98 Å². The average molecular weight is 375 g/mol. The Morgan fingerprint density at radius 1 is 0.821 bits per heavy atom. The molecule has 142 valence electrons. The standard InChI is InChI=1S/C24H28BN3/c1-15-10-17(3)24(18(4)11-15)25-27(6)22-9-8-20(13-23(22)28(25)7)21-12-16(2)19(5)14-26-21/h8-14H,1-7H3/i2D3,5D3. The zero-order chi connectivity index (χ0) is 25.2. The van der Waals surface area contributed by atoms with E-state index in [9.17, 15) is 0 Å². The van der Waals surface area contributed by atoms with Gasteiger partial charge in [0.05, 0.1) is 5.69 Å². The number of pyridine rings is 1.